The summed E-state index contributed by atoms with van der Waals surface area (Å²) in [6, 6.07) is 3.70. The van der Waals surface area contributed by atoms with Crippen LogP contribution in [0.2, 0.25) is 0 Å². The second-order valence-electron chi connectivity index (χ2n) is 6.07. The van der Waals surface area contributed by atoms with E-state index in [9.17, 15) is 14.4 Å². The number of hydrogen-bond donors (Lipinski definition) is 0. The third kappa shape index (κ3) is 5.44. The Morgan fingerprint density at radius 2 is 1.93 bits per heavy atom. The molecule has 0 unspecified atom stereocenters. The second-order valence-corrected chi connectivity index (χ2v) is 9.39. The number of ether oxygens (including phenoxy) is 2. The van der Waals surface area contributed by atoms with Gasteiger partial charge >= 0.3 is 0 Å². The van der Waals surface area contributed by atoms with Gasteiger partial charge in [-0.3, -0.25) is 19.3 Å². The molecule has 2 aliphatic heterocycles. The summed E-state index contributed by atoms with van der Waals surface area (Å²) in [6.07, 6.45) is 6.89. The van der Waals surface area contributed by atoms with Crippen molar-refractivity contribution in [2.75, 3.05) is 39.5 Å². The number of imide groups is 1. The fourth-order valence-corrected chi connectivity index (χ4v) is 5.72. The first-order valence-corrected chi connectivity index (χ1v) is 11.5. The number of carbonyl (C=O) groups excluding carboxylic acids is 3. The minimum absolute atomic E-state index is 0.168. The molecule has 2 heterocycles. The van der Waals surface area contributed by atoms with Gasteiger partial charge in [0.1, 0.15) is 18.9 Å². The number of morpholine rings is 1. The maximum atomic E-state index is 12.7. The van der Waals surface area contributed by atoms with Crippen LogP contribution in [0.4, 0.5) is 4.79 Å². The van der Waals surface area contributed by atoms with Crippen LogP contribution in [-0.4, -0.2) is 66.3 Å². The van der Waals surface area contributed by atoms with Gasteiger partial charge < -0.3 is 14.4 Å². The quantitative estimate of drug-likeness (QED) is 0.281. The van der Waals surface area contributed by atoms with Crippen LogP contribution in [-0.2, 0) is 14.3 Å². The Morgan fingerprint density at radius 3 is 2.55 bits per heavy atom. The van der Waals surface area contributed by atoms with Crippen LogP contribution in [0.15, 0.2) is 17.0 Å². The third-order valence-corrected chi connectivity index (χ3v) is 6.66. The average Bonchev–Trinajstić information content (AvgIpc) is 2.95. The van der Waals surface area contributed by atoms with E-state index in [4.69, 9.17) is 15.9 Å². The minimum Gasteiger partial charge on any atom is -0.479 e. The van der Waals surface area contributed by atoms with Crippen molar-refractivity contribution in [3.8, 4) is 18.1 Å². The first kappa shape index (κ1) is 22.4. The number of benzene rings is 1. The molecule has 1 aromatic carbocycles. The summed E-state index contributed by atoms with van der Waals surface area (Å²) in [5.41, 5.74) is 0.761. The fourth-order valence-electron chi connectivity index (χ4n) is 2.75. The van der Waals surface area contributed by atoms with Gasteiger partial charge in [0.25, 0.3) is 11.1 Å². The number of halogens is 2. The maximum Gasteiger partial charge on any atom is 0.294 e. The van der Waals surface area contributed by atoms with Crippen molar-refractivity contribution in [3.63, 3.8) is 0 Å². The van der Waals surface area contributed by atoms with Crippen LogP contribution < -0.4 is 4.74 Å². The van der Waals surface area contributed by atoms with Gasteiger partial charge in [0.05, 0.1) is 25.3 Å². The highest BCUT2D eigenvalue weighted by Crippen LogP contribution is 2.34. The van der Waals surface area contributed by atoms with Crippen molar-refractivity contribution in [3.05, 3.63) is 29.7 Å². The smallest absolute Gasteiger partial charge is 0.294 e. The normalized spacial score (nSPS) is 18.3. The molecule has 152 valence electrons. The molecule has 2 saturated heterocycles. The Balaban J connectivity index is 1.74. The largest absolute Gasteiger partial charge is 0.479 e. The molecule has 0 radical (unpaired) electrons. The number of terminal acetylenes is 1. The van der Waals surface area contributed by atoms with Crippen LogP contribution in [0, 0.1) is 19.5 Å². The second kappa shape index (κ2) is 10.1. The van der Waals surface area contributed by atoms with Gasteiger partial charge in [0.2, 0.25) is 5.91 Å². The zero-order valence-corrected chi connectivity index (χ0v) is 20.3. The van der Waals surface area contributed by atoms with E-state index < -0.39 is 11.1 Å². The molecule has 0 aliphatic carbocycles. The van der Waals surface area contributed by atoms with Gasteiger partial charge in [0.15, 0.2) is 0 Å². The first-order chi connectivity index (χ1) is 13.9. The lowest BCUT2D eigenvalue weighted by Gasteiger charge is -2.28. The highest BCUT2D eigenvalue weighted by atomic mass is 127. The number of nitrogens with zero attached hydrogens (tertiary/aromatic N) is 2. The molecular weight excluding hydrogens is 622 g/mol. The van der Waals surface area contributed by atoms with Gasteiger partial charge in [-0.15, -0.1) is 6.42 Å². The summed E-state index contributed by atoms with van der Waals surface area (Å²) >= 11 is 5.11. The van der Waals surface area contributed by atoms with E-state index in [2.05, 4.69) is 51.1 Å². The average molecular weight is 638 g/mol. The van der Waals surface area contributed by atoms with Crippen LogP contribution in [0.5, 0.6) is 5.75 Å². The lowest BCUT2D eigenvalue weighted by Crippen LogP contribution is -2.46. The topological polar surface area (TPSA) is 76.2 Å². The summed E-state index contributed by atoms with van der Waals surface area (Å²) in [5, 5.41) is -0.443. The molecule has 2 aliphatic rings. The zero-order chi connectivity index (χ0) is 21.0. The number of thioether (sulfide) groups is 1. The lowest BCUT2D eigenvalue weighted by atomic mass is 10.2. The molecular formula is C19H16I2N2O5S. The monoisotopic (exact) mass is 638 g/mol. The van der Waals surface area contributed by atoms with E-state index in [-0.39, 0.29) is 24.0 Å². The Hall–Kier alpha value is -1.30. The van der Waals surface area contributed by atoms with E-state index in [1.807, 2.05) is 12.1 Å². The predicted molar refractivity (Wildman–Crippen MR) is 126 cm³/mol. The molecule has 0 atom stereocenters. The molecule has 0 saturated carbocycles. The Kier molecular flexibility index (Phi) is 7.83. The summed E-state index contributed by atoms with van der Waals surface area (Å²) in [7, 11) is 0. The van der Waals surface area contributed by atoms with Crippen LogP contribution in [0.25, 0.3) is 6.08 Å². The van der Waals surface area contributed by atoms with Crippen molar-refractivity contribution < 1.29 is 23.9 Å². The maximum absolute atomic E-state index is 12.7. The lowest BCUT2D eigenvalue weighted by molar-refractivity contribution is -0.139. The predicted octanol–water partition coefficient (Wildman–Crippen LogP) is 2.80. The van der Waals surface area contributed by atoms with Crippen molar-refractivity contribution >= 4 is 80.1 Å². The number of rotatable bonds is 5. The zero-order valence-electron chi connectivity index (χ0n) is 15.2. The molecule has 7 nitrogen and oxygen atoms in total. The number of carbonyl (C=O) groups is 3. The molecule has 0 bridgehead atoms. The van der Waals surface area contributed by atoms with E-state index in [0.717, 1.165) is 29.4 Å². The molecule has 1 aromatic rings. The van der Waals surface area contributed by atoms with Gasteiger partial charge in [-0.2, -0.15) is 0 Å². The molecule has 3 rings (SSSR count). The highest BCUT2D eigenvalue weighted by molar-refractivity contribution is 14.1. The molecule has 3 amide bonds. The minimum atomic E-state index is -0.459. The van der Waals surface area contributed by atoms with E-state index in [1.54, 1.807) is 11.0 Å². The molecule has 29 heavy (non-hydrogen) atoms. The highest BCUT2D eigenvalue weighted by Gasteiger charge is 2.37. The summed E-state index contributed by atoms with van der Waals surface area (Å²) in [6.45, 7) is 1.78. The molecule has 0 N–H and O–H groups in total. The van der Waals surface area contributed by atoms with Crippen LogP contribution in [0.3, 0.4) is 0 Å². The van der Waals surface area contributed by atoms with Gasteiger partial charge in [-0.1, -0.05) is 5.92 Å². The number of hydrogen-bond acceptors (Lipinski definition) is 6. The van der Waals surface area contributed by atoms with Gasteiger partial charge in [-0.05, 0) is 80.7 Å². The number of amides is 3. The van der Waals surface area contributed by atoms with E-state index in [0.29, 0.717) is 32.1 Å². The molecule has 0 aromatic heterocycles. The van der Waals surface area contributed by atoms with Crippen LogP contribution in [0.1, 0.15) is 5.56 Å². The van der Waals surface area contributed by atoms with E-state index >= 15 is 0 Å². The van der Waals surface area contributed by atoms with Gasteiger partial charge in [0, 0.05) is 13.1 Å². The Bertz CT molecular complexity index is 899. The molecule has 2 fully saturated rings. The third-order valence-electron chi connectivity index (χ3n) is 4.15. The summed E-state index contributed by atoms with van der Waals surface area (Å²) in [5.74, 6) is 2.40. The SMILES string of the molecule is C#CCOc1c(I)cc(/C=C2/SC(=O)N(CC(=O)N3CCOCC3)C2=O)cc1I. The Labute approximate surface area is 199 Å². The first-order valence-electron chi connectivity index (χ1n) is 8.57. The molecule has 0 spiro atoms. The van der Waals surface area contributed by atoms with Crippen molar-refractivity contribution in [1.82, 2.24) is 9.80 Å². The van der Waals surface area contributed by atoms with Crippen molar-refractivity contribution in [2.24, 2.45) is 0 Å². The summed E-state index contributed by atoms with van der Waals surface area (Å²) < 4.78 is 12.5. The standard InChI is InChI=1S/C19H16I2N2O5S/c1-2-5-28-17-13(20)8-12(9-14(17)21)10-15-18(25)23(19(26)29-15)11-16(24)22-3-6-27-7-4-22/h1,8-10H,3-7,11H2/b15-10+. The van der Waals surface area contributed by atoms with E-state index in [1.165, 1.54) is 0 Å². The van der Waals surface area contributed by atoms with Gasteiger partial charge in [-0.25, -0.2) is 0 Å². The van der Waals surface area contributed by atoms with Crippen molar-refractivity contribution in [2.45, 2.75) is 0 Å². The molecule has 10 heteroatoms. The fraction of sp³-hybridized carbons (Fsp3) is 0.316. The summed E-state index contributed by atoms with van der Waals surface area (Å²) in [4.78, 5) is 40.3. The van der Waals surface area contributed by atoms with Crippen molar-refractivity contribution in [1.29, 1.82) is 0 Å². The van der Waals surface area contributed by atoms with Crippen LogP contribution >= 0.6 is 56.9 Å². The Morgan fingerprint density at radius 1 is 1.28 bits per heavy atom.